The van der Waals surface area contributed by atoms with Crippen LogP contribution >= 0.6 is 27.5 Å². The SMILES string of the molecule is CN(C)c1ccc(C2CC(c3ccc(Cl)cc3)=NN2C(=O)COc2ccc(Br)cc2C=O)cc1. The molecule has 3 aromatic carbocycles. The van der Waals surface area contributed by atoms with Gasteiger partial charge >= 0.3 is 0 Å². The Morgan fingerprint density at radius 2 is 1.85 bits per heavy atom. The van der Waals surface area contributed by atoms with Crippen LogP contribution in [0.1, 0.15) is 33.9 Å². The van der Waals surface area contributed by atoms with Gasteiger partial charge in [-0.2, -0.15) is 5.10 Å². The van der Waals surface area contributed by atoms with E-state index in [0.29, 0.717) is 29.0 Å². The standard InChI is InChI=1S/C26H23BrClN3O3/c1-30(2)22-10-5-18(6-11-22)24-14-23(17-3-8-21(28)9-4-17)29-31(24)26(33)16-34-25-12-7-20(27)13-19(25)15-32/h3-13,15,24H,14,16H2,1-2H3. The largest absolute Gasteiger partial charge is 0.483 e. The molecule has 1 aliphatic heterocycles. The predicted molar refractivity (Wildman–Crippen MR) is 138 cm³/mol. The first-order valence-corrected chi connectivity index (χ1v) is 11.8. The molecule has 0 saturated carbocycles. The molecule has 0 bridgehead atoms. The highest BCUT2D eigenvalue weighted by atomic mass is 79.9. The van der Waals surface area contributed by atoms with Crippen molar-refractivity contribution in [3.8, 4) is 5.75 Å². The van der Waals surface area contributed by atoms with E-state index < -0.39 is 0 Å². The van der Waals surface area contributed by atoms with Gasteiger partial charge in [-0.1, -0.05) is 51.8 Å². The van der Waals surface area contributed by atoms with Crippen LogP contribution < -0.4 is 9.64 Å². The molecule has 8 heteroatoms. The quantitative estimate of drug-likeness (QED) is 0.359. The number of aldehydes is 1. The van der Waals surface area contributed by atoms with Crippen molar-refractivity contribution in [2.45, 2.75) is 12.5 Å². The summed E-state index contributed by atoms with van der Waals surface area (Å²) in [5.74, 6) is 0.0463. The van der Waals surface area contributed by atoms with Crippen molar-refractivity contribution in [1.82, 2.24) is 5.01 Å². The van der Waals surface area contributed by atoms with Crippen LogP contribution in [0, 0.1) is 0 Å². The Labute approximate surface area is 211 Å². The fraction of sp³-hybridized carbons (Fsp3) is 0.192. The molecule has 0 aliphatic carbocycles. The second kappa shape index (κ2) is 10.4. The maximum absolute atomic E-state index is 13.2. The third-order valence-electron chi connectivity index (χ3n) is 5.59. The van der Waals surface area contributed by atoms with Crippen molar-refractivity contribution in [3.63, 3.8) is 0 Å². The number of hydrogen-bond donors (Lipinski definition) is 0. The van der Waals surface area contributed by atoms with E-state index in [0.717, 1.165) is 27.0 Å². The second-order valence-corrected chi connectivity index (χ2v) is 9.44. The van der Waals surface area contributed by atoms with Gasteiger partial charge in [0.1, 0.15) is 5.75 Å². The minimum absolute atomic E-state index is 0.244. The minimum atomic E-state index is -0.301. The summed E-state index contributed by atoms with van der Waals surface area (Å²) < 4.78 is 6.47. The maximum Gasteiger partial charge on any atom is 0.281 e. The molecule has 1 aliphatic rings. The lowest BCUT2D eigenvalue weighted by atomic mass is 9.98. The fourth-order valence-corrected chi connectivity index (χ4v) is 4.26. The summed E-state index contributed by atoms with van der Waals surface area (Å²) in [6, 6.07) is 20.3. The molecule has 3 aromatic rings. The van der Waals surface area contributed by atoms with Crippen molar-refractivity contribution in [1.29, 1.82) is 0 Å². The van der Waals surface area contributed by atoms with Crippen molar-refractivity contribution in [2.75, 3.05) is 25.6 Å². The molecule has 1 atom stereocenters. The molecule has 0 saturated heterocycles. The van der Waals surface area contributed by atoms with E-state index in [9.17, 15) is 9.59 Å². The Kier molecular flexibility index (Phi) is 7.34. The lowest BCUT2D eigenvalue weighted by Gasteiger charge is -2.23. The maximum atomic E-state index is 13.2. The van der Waals surface area contributed by atoms with E-state index in [1.165, 1.54) is 5.01 Å². The lowest BCUT2D eigenvalue weighted by molar-refractivity contribution is -0.135. The first-order valence-electron chi connectivity index (χ1n) is 10.7. The molecule has 0 spiro atoms. The zero-order chi connectivity index (χ0) is 24.2. The zero-order valence-corrected chi connectivity index (χ0v) is 21.1. The molecule has 0 radical (unpaired) electrons. The van der Waals surface area contributed by atoms with Crippen LogP contribution in [0.4, 0.5) is 5.69 Å². The van der Waals surface area contributed by atoms with Crippen LogP contribution in [0.3, 0.4) is 0 Å². The molecule has 0 fully saturated rings. The van der Waals surface area contributed by atoms with Gasteiger partial charge in [-0.25, -0.2) is 5.01 Å². The number of carbonyl (C=O) groups is 2. The van der Waals surface area contributed by atoms with Crippen LogP contribution in [0.15, 0.2) is 76.3 Å². The van der Waals surface area contributed by atoms with E-state index >= 15 is 0 Å². The van der Waals surface area contributed by atoms with Crippen molar-refractivity contribution < 1.29 is 14.3 Å². The second-order valence-electron chi connectivity index (χ2n) is 8.09. The molecule has 0 N–H and O–H groups in total. The van der Waals surface area contributed by atoms with Gasteiger partial charge in [-0.3, -0.25) is 9.59 Å². The zero-order valence-electron chi connectivity index (χ0n) is 18.7. The van der Waals surface area contributed by atoms with Gasteiger partial charge in [0.05, 0.1) is 17.3 Å². The average molecular weight is 541 g/mol. The van der Waals surface area contributed by atoms with Crippen LogP contribution in [0.2, 0.25) is 5.02 Å². The van der Waals surface area contributed by atoms with Gasteiger partial charge in [0.15, 0.2) is 12.9 Å². The number of nitrogens with zero attached hydrogens (tertiary/aromatic N) is 3. The molecule has 4 rings (SSSR count). The summed E-state index contributed by atoms with van der Waals surface area (Å²) in [5.41, 5.74) is 4.11. The highest BCUT2D eigenvalue weighted by Crippen LogP contribution is 2.34. The highest BCUT2D eigenvalue weighted by molar-refractivity contribution is 9.10. The number of ether oxygens (including phenoxy) is 1. The van der Waals surface area contributed by atoms with Crippen molar-refractivity contribution in [2.24, 2.45) is 5.10 Å². The van der Waals surface area contributed by atoms with Gasteiger partial charge in [0.25, 0.3) is 5.91 Å². The predicted octanol–water partition coefficient (Wildman–Crippen LogP) is 5.74. The molecule has 6 nitrogen and oxygen atoms in total. The van der Waals surface area contributed by atoms with Crippen LogP contribution in [0.25, 0.3) is 0 Å². The number of benzene rings is 3. The molecule has 34 heavy (non-hydrogen) atoms. The average Bonchev–Trinajstić information content (AvgIpc) is 3.29. The van der Waals surface area contributed by atoms with E-state index in [1.54, 1.807) is 18.2 Å². The Morgan fingerprint density at radius 1 is 1.15 bits per heavy atom. The van der Waals surface area contributed by atoms with Gasteiger partial charge in [-0.05, 0) is 53.6 Å². The van der Waals surface area contributed by atoms with E-state index in [4.69, 9.17) is 16.3 Å². The summed E-state index contributed by atoms with van der Waals surface area (Å²) in [6.07, 6.45) is 1.26. The Hall–Kier alpha value is -3.16. The summed E-state index contributed by atoms with van der Waals surface area (Å²) in [4.78, 5) is 26.6. The summed E-state index contributed by atoms with van der Waals surface area (Å²) in [5, 5.41) is 6.78. The van der Waals surface area contributed by atoms with Crippen LogP contribution in [0.5, 0.6) is 5.75 Å². The van der Waals surface area contributed by atoms with Gasteiger partial charge in [0, 0.05) is 35.7 Å². The number of hydrogen-bond acceptors (Lipinski definition) is 5. The minimum Gasteiger partial charge on any atom is -0.483 e. The smallest absolute Gasteiger partial charge is 0.281 e. The van der Waals surface area contributed by atoms with E-state index in [1.807, 2.05) is 67.5 Å². The third kappa shape index (κ3) is 5.32. The molecule has 1 amide bonds. The Morgan fingerprint density at radius 3 is 2.50 bits per heavy atom. The first-order chi connectivity index (χ1) is 16.4. The number of rotatable bonds is 7. The number of amides is 1. The monoisotopic (exact) mass is 539 g/mol. The van der Waals surface area contributed by atoms with Gasteiger partial charge in [-0.15, -0.1) is 0 Å². The summed E-state index contributed by atoms with van der Waals surface area (Å²) in [6.45, 7) is -0.244. The molecule has 1 unspecified atom stereocenters. The number of halogens is 2. The van der Waals surface area contributed by atoms with Gasteiger partial charge in [0.2, 0.25) is 0 Å². The molecule has 174 valence electrons. The van der Waals surface area contributed by atoms with E-state index in [2.05, 4.69) is 21.0 Å². The highest BCUT2D eigenvalue weighted by Gasteiger charge is 2.33. The number of hydrazone groups is 1. The van der Waals surface area contributed by atoms with Gasteiger partial charge < -0.3 is 9.64 Å². The molecule has 1 heterocycles. The number of anilines is 1. The third-order valence-corrected chi connectivity index (χ3v) is 6.33. The lowest BCUT2D eigenvalue weighted by Crippen LogP contribution is -2.31. The Balaban J connectivity index is 1.60. The van der Waals surface area contributed by atoms with Crippen LogP contribution in [-0.2, 0) is 4.79 Å². The van der Waals surface area contributed by atoms with E-state index in [-0.39, 0.29) is 18.6 Å². The summed E-state index contributed by atoms with van der Waals surface area (Å²) >= 11 is 9.38. The molecular formula is C26H23BrClN3O3. The normalized spacial score (nSPS) is 15.1. The Bertz CT molecular complexity index is 1230. The van der Waals surface area contributed by atoms with Crippen molar-refractivity contribution >= 4 is 51.1 Å². The summed E-state index contributed by atoms with van der Waals surface area (Å²) in [7, 11) is 3.96. The molecular weight excluding hydrogens is 518 g/mol. The molecule has 0 aromatic heterocycles. The fourth-order valence-electron chi connectivity index (χ4n) is 3.76. The topological polar surface area (TPSA) is 62.2 Å². The van der Waals surface area contributed by atoms with Crippen molar-refractivity contribution in [3.05, 3.63) is 92.9 Å². The number of carbonyl (C=O) groups excluding carboxylic acids is 2. The van der Waals surface area contributed by atoms with Crippen LogP contribution in [-0.4, -0.2) is 43.6 Å². The first kappa shape index (κ1) is 24.0.